The standard InChI is InChI=1S/C27H26N2O4S/c1-2-12-25(26(30)28-34(32,33)20-19-22-13-6-3-7-14-22)27(31)29(24-17-10-5-11-18-24)21-23-15-8-4-9-16-23/h2-11,13-20,25H,1,12,21H2,(H,28,30)/b20-19+. The lowest BCUT2D eigenvalue weighted by Crippen LogP contribution is -2.44. The molecule has 0 fully saturated rings. The van der Waals surface area contributed by atoms with Gasteiger partial charge >= 0.3 is 0 Å². The van der Waals surface area contributed by atoms with Gasteiger partial charge < -0.3 is 4.90 Å². The number of carbonyl (C=O) groups excluding carboxylic acids is 2. The van der Waals surface area contributed by atoms with Crippen molar-refractivity contribution in [1.29, 1.82) is 0 Å². The number of anilines is 1. The molecular weight excluding hydrogens is 448 g/mol. The molecule has 0 aromatic heterocycles. The molecule has 1 atom stereocenters. The van der Waals surface area contributed by atoms with Gasteiger partial charge in [0.25, 0.3) is 10.0 Å². The SMILES string of the molecule is C=CCC(C(=O)NS(=O)(=O)/C=C/c1ccccc1)C(=O)N(Cc1ccccc1)c1ccccc1. The highest BCUT2D eigenvalue weighted by Crippen LogP contribution is 2.22. The number of hydrogen-bond acceptors (Lipinski definition) is 4. The maximum atomic E-state index is 13.5. The van der Waals surface area contributed by atoms with E-state index < -0.39 is 27.8 Å². The summed E-state index contributed by atoms with van der Waals surface area (Å²) in [4.78, 5) is 28.0. The van der Waals surface area contributed by atoms with Gasteiger partial charge in [-0.1, -0.05) is 84.9 Å². The molecule has 0 aliphatic rings. The Morgan fingerprint density at radius 2 is 1.44 bits per heavy atom. The molecule has 6 nitrogen and oxygen atoms in total. The quantitative estimate of drug-likeness (QED) is 0.346. The number of para-hydroxylation sites is 1. The van der Waals surface area contributed by atoms with Crippen molar-refractivity contribution in [1.82, 2.24) is 4.72 Å². The number of nitrogens with zero attached hydrogens (tertiary/aromatic N) is 1. The molecule has 3 aromatic carbocycles. The van der Waals surface area contributed by atoms with Gasteiger partial charge in [-0.05, 0) is 35.8 Å². The number of sulfonamides is 1. The largest absolute Gasteiger partial charge is 0.307 e. The van der Waals surface area contributed by atoms with Crippen LogP contribution < -0.4 is 9.62 Å². The zero-order valence-corrected chi connectivity index (χ0v) is 19.4. The first-order chi connectivity index (χ1) is 16.4. The van der Waals surface area contributed by atoms with Crippen molar-refractivity contribution in [2.45, 2.75) is 13.0 Å². The zero-order chi connectivity index (χ0) is 24.4. The molecule has 0 radical (unpaired) electrons. The van der Waals surface area contributed by atoms with Crippen LogP contribution in [0.1, 0.15) is 17.5 Å². The molecule has 34 heavy (non-hydrogen) atoms. The Labute approximate surface area is 200 Å². The summed E-state index contributed by atoms with van der Waals surface area (Å²) in [5.74, 6) is -2.69. The third-order valence-corrected chi connectivity index (χ3v) is 6.00. The van der Waals surface area contributed by atoms with Crippen LogP contribution in [0, 0.1) is 5.92 Å². The Bertz CT molecular complexity index is 1240. The number of carbonyl (C=O) groups is 2. The summed E-state index contributed by atoms with van der Waals surface area (Å²) in [6.07, 6.45) is 2.80. The Morgan fingerprint density at radius 1 is 0.882 bits per heavy atom. The molecule has 2 amide bonds. The first kappa shape index (κ1) is 24.7. The summed E-state index contributed by atoms with van der Waals surface area (Å²) in [6.45, 7) is 3.87. The number of benzene rings is 3. The minimum atomic E-state index is -4.11. The monoisotopic (exact) mass is 474 g/mol. The first-order valence-corrected chi connectivity index (χ1v) is 12.3. The fourth-order valence-electron chi connectivity index (χ4n) is 3.32. The van der Waals surface area contributed by atoms with E-state index in [4.69, 9.17) is 0 Å². The molecule has 7 heteroatoms. The molecule has 0 saturated heterocycles. The average molecular weight is 475 g/mol. The van der Waals surface area contributed by atoms with Gasteiger partial charge in [0.15, 0.2) is 0 Å². The third-order valence-electron chi connectivity index (χ3n) is 5.02. The molecule has 0 aliphatic heterocycles. The van der Waals surface area contributed by atoms with E-state index in [1.165, 1.54) is 17.1 Å². The second-order valence-corrected chi connectivity index (χ2v) is 9.11. The molecule has 0 bridgehead atoms. The highest BCUT2D eigenvalue weighted by Gasteiger charge is 2.32. The summed E-state index contributed by atoms with van der Waals surface area (Å²) in [6, 6.07) is 27.1. The van der Waals surface area contributed by atoms with Gasteiger partial charge in [0.2, 0.25) is 11.8 Å². The van der Waals surface area contributed by atoms with E-state index in [1.54, 1.807) is 48.5 Å². The second-order valence-electron chi connectivity index (χ2n) is 7.55. The molecule has 0 saturated carbocycles. The highest BCUT2D eigenvalue weighted by molar-refractivity contribution is 7.93. The lowest BCUT2D eigenvalue weighted by atomic mass is 10.0. The smallest absolute Gasteiger partial charge is 0.257 e. The van der Waals surface area contributed by atoms with E-state index in [9.17, 15) is 18.0 Å². The van der Waals surface area contributed by atoms with Crippen molar-refractivity contribution in [3.63, 3.8) is 0 Å². The minimum Gasteiger partial charge on any atom is -0.307 e. The van der Waals surface area contributed by atoms with Gasteiger partial charge in [0.1, 0.15) is 5.92 Å². The topological polar surface area (TPSA) is 83.5 Å². The summed E-state index contributed by atoms with van der Waals surface area (Å²) >= 11 is 0. The van der Waals surface area contributed by atoms with Gasteiger partial charge in [-0.3, -0.25) is 9.59 Å². The molecule has 1 unspecified atom stereocenters. The van der Waals surface area contributed by atoms with Crippen molar-refractivity contribution >= 4 is 33.6 Å². The van der Waals surface area contributed by atoms with E-state index in [0.29, 0.717) is 11.3 Å². The zero-order valence-electron chi connectivity index (χ0n) is 18.6. The fourth-order valence-corrected chi connectivity index (χ4v) is 4.15. The van der Waals surface area contributed by atoms with Crippen molar-refractivity contribution in [3.05, 3.63) is 120 Å². The van der Waals surface area contributed by atoms with Gasteiger partial charge in [-0.15, -0.1) is 6.58 Å². The van der Waals surface area contributed by atoms with Crippen molar-refractivity contribution in [3.8, 4) is 0 Å². The fraction of sp³-hybridized carbons (Fsp3) is 0.111. The van der Waals surface area contributed by atoms with Crippen LogP contribution in [0.3, 0.4) is 0 Å². The van der Waals surface area contributed by atoms with Gasteiger partial charge in [0.05, 0.1) is 12.0 Å². The van der Waals surface area contributed by atoms with Crippen LogP contribution in [-0.2, 0) is 26.2 Å². The molecule has 0 aliphatic carbocycles. The molecule has 174 valence electrons. The summed E-state index contributed by atoms with van der Waals surface area (Å²) in [7, 11) is -4.11. The maximum Gasteiger partial charge on any atom is 0.257 e. The van der Waals surface area contributed by atoms with Gasteiger partial charge in [0, 0.05) is 5.69 Å². The lowest BCUT2D eigenvalue weighted by Gasteiger charge is -2.27. The van der Waals surface area contributed by atoms with Gasteiger partial charge in [-0.2, -0.15) is 0 Å². The Kier molecular flexibility index (Phi) is 8.54. The van der Waals surface area contributed by atoms with E-state index in [2.05, 4.69) is 6.58 Å². The van der Waals surface area contributed by atoms with Gasteiger partial charge in [-0.25, -0.2) is 13.1 Å². The van der Waals surface area contributed by atoms with Crippen molar-refractivity contribution in [2.75, 3.05) is 4.90 Å². The minimum absolute atomic E-state index is 0.0132. The van der Waals surface area contributed by atoms with Crippen LogP contribution in [0.5, 0.6) is 0 Å². The molecule has 1 N–H and O–H groups in total. The predicted octanol–water partition coefficient (Wildman–Crippen LogP) is 4.53. The van der Waals surface area contributed by atoms with Crippen LogP contribution in [-0.4, -0.2) is 20.2 Å². The van der Waals surface area contributed by atoms with Crippen LogP contribution in [0.25, 0.3) is 6.08 Å². The Hall–Kier alpha value is -3.97. The number of amides is 2. The van der Waals surface area contributed by atoms with E-state index >= 15 is 0 Å². The Balaban J connectivity index is 1.84. The normalized spacial score (nSPS) is 12.1. The Morgan fingerprint density at radius 3 is 2.03 bits per heavy atom. The van der Waals surface area contributed by atoms with E-state index in [-0.39, 0.29) is 13.0 Å². The summed E-state index contributed by atoms with van der Waals surface area (Å²) in [5, 5.41) is 0.911. The maximum absolute atomic E-state index is 13.5. The number of nitrogens with one attached hydrogen (secondary N) is 1. The van der Waals surface area contributed by atoms with Crippen LogP contribution in [0.15, 0.2) is 109 Å². The molecular formula is C27H26N2O4S. The second kappa shape index (κ2) is 11.8. The van der Waals surface area contributed by atoms with E-state index in [1.807, 2.05) is 47.2 Å². The third kappa shape index (κ3) is 7.02. The molecule has 0 spiro atoms. The predicted molar refractivity (Wildman–Crippen MR) is 135 cm³/mol. The number of hydrogen-bond donors (Lipinski definition) is 1. The van der Waals surface area contributed by atoms with Crippen molar-refractivity contribution in [2.24, 2.45) is 5.92 Å². The van der Waals surface area contributed by atoms with E-state index in [0.717, 1.165) is 11.0 Å². The molecule has 3 rings (SSSR count). The lowest BCUT2D eigenvalue weighted by molar-refractivity contribution is -0.132. The van der Waals surface area contributed by atoms with Crippen LogP contribution in [0.4, 0.5) is 5.69 Å². The molecule has 3 aromatic rings. The number of allylic oxidation sites excluding steroid dienone is 1. The van der Waals surface area contributed by atoms with Crippen LogP contribution >= 0.6 is 0 Å². The first-order valence-electron chi connectivity index (χ1n) is 10.7. The molecule has 0 heterocycles. The number of rotatable bonds is 10. The van der Waals surface area contributed by atoms with Crippen LogP contribution in [0.2, 0.25) is 0 Å². The average Bonchev–Trinajstić information content (AvgIpc) is 2.86. The van der Waals surface area contributed by atoms with Crippen molar-refractivity contribution < 1.29 is 18.0 Å². The summed E-state index contributed by atoms with van der Waals surface area (Å²) in [5.41, 5.74) is 2.14. The highest BCUT2D eigenvalue weighted by atomic mass is 32.2. The summed E-state index contributed by atoms with van der Waals surface area (Å²) < 4.78 is 27.0.